The van der Waals surface area contributed by atoms with Gasteiger partial charge in [0.2, 0.25) is 21.8 Å². The fraction of sp³-hybridized carbons (Fsp3) is 0.364. The molecule has 2 amide bonds. The molecule has 32 heavy (non-hydrogen) atoms. The third-order valence-electron chi connectivity index (χ3n) is 5.56. The molecular weight excluding hydrogens is 473 g/mol. The highest BCUT2D eigenvalue weighted by atomic mass is 35.5. The highest BCUT2D eigenvalue weighted by Gasteiger charge is 2.33. The number of nitrogens with zero attached hydrogens (tertiary/aromatic N) is 2. The van der Waals surface area contributed by atoms with Crippen LogP contribution < -0.4 is 5.32 Å². The first kappa shape index (κ1) is 24.5. The third-order valence-corrected chi connectivity index (χ3v) is 8.17. The molecule has 2 aromatic rings. The average molecular weight is 498 g/mol. The Kier molecular flexibility index (Phi) is 7.82. The number of halogens is 2. The molecule has 1 aliphatic heterocycles. The van der Waals surface area contributed by atoms with Crippen molar-refractivity contribution in [2.45, 2.75) is 31.2 Å². The number of carbonyl (C=O) groups excluding carboxylic acids is 2. The Labute approximate surface area is 198 Å². The summed E-state index contributed by atoms with van der Waals surface area (Å²) in [7, 11) is -2.11. The highest BCUT2D eigenvalue weighted by Crippen LogP contribution is 2.31. The second-order valence-electron chi connectivity index (χ2n) is 7.77. The number of hydrogen-bond donors (Lipinski definition) is 1. The van der Waals surface area contributed by atoms with Crippen LogP contribution in [0.1, 0.15) is 25.3 Å². The van der Waals surface area contributed by atoms with Crippen LogP contribution in [-0.2, 0) is 26.2 Å². The van der Waals surface area contributed by atoms with Gasteiger partial charge in [-0.3, -0.25) is 9.59 Å². The van der Waals surface area contributed by atoms with Gasteiger partial charge in [0, 0.05) is 50.2 Å². The topological polar surface area (TPSA) is 86.8 Å². The Morgan fingerprint density at radius 1 is 1.12 bits per heavy atom. The smallest absolute Gasteiger partial charge is 0.244 e. The Morgan fingerprint density at radius 3 is 2.44 bits per heavy atom. The summed E-state index contributed by atoms with van der Waals surface area (Å²) in [6, 6.07) is 11.7. The van der Waals surface area contributed by atoms with E-state index in [1.807, 2.05) is 18.2 Å². The van der Waals surface area contributed by atoms with E-state index in [0.29, 0.717) is 25.1 Å². The molecule has 0 aromatic heterocycles. The van der Waals surface area contributed by atoms with Crippen LogP contribution in [-0.4, -0.2) is 49.6 Å². The van der Waals surface area contributed by atoms with Crippen LogP contribution >= 0.6 is 23.2 Å². The monoisotopic (exact) mass is 497 g/mol. The molecule has 1 heterocycles. The van der Waals surface area contributed by atoms with Crippen molar-refractivity contribution in [3.05, 3.63) is 58.1 Å². The maximum Gasteiger partial charge on any atom is 0.244 e. The number of anilines is 1. The fourth-order valence-corrected chi connectivity index (χ4v) is 5.76. The van der Waals surface area contributed by atoms with Gasteiger partial charge in [-0.1, -0.05) is 41.4 Å². The van der Waals surface area contributed by atoms with Crippen molar-refractivity contribution in [2.75, 3.05) is 25.5 Å². The lowest BCUT2D eigenvalue weighted by Crippen LogP contribution is -2.41. The predicted molar refractivity (Wildman–Crippen MR) is 125 cm³/mol. The van der Waals surface area contributed by atoms with E-state index in [0.717, 1.165) is 5.56 Å². The molecule has 2 aromatic carbocycles. The molecular formula is C22H25Cl2N3O4S. The van der Waals surface area contributed by atoms with Gasteiger partial charge in [0.05, 0.1) is 5.02 Å². The van der Waals surface area contributed by atoms with Crippen LogP contribution in [0.2, 0.25) is 10.0 Å². The van der Waals surface area contributed by atoms with Gasteiger partial charge in [-0.25, -0.2) is 8.42 Å². The predicted octanol–water partition coefficient (Wildman–Crippen LogP) is 4.01. The molecule has 1 saturated heterocycles. The number of piperidine rings is 1. The molecule has 0 spiro atoms. The second kappa shape index (κ2) is 10.2. The van der Waals surface area contributed by atoms with E-state index in [9.17, 15) is 18.0 Å². The van der Waals surface area contributed by atoms with Crippen LogP contribution in [0.3, 0.4) is 0 Å². The lowest BCUT2D eigenvalue weighted by molar-refractivity contribution is -0.128. The lowest BCUT2D eigenvalue weighted by Gasteiger charge is -2.31. The number of sulfonamides is 1. The molecule has 0 aliphatic carbocycles. The number of hydrogen-bond acceptors (Lipinski definition) is 4. The number of carbonyl (C=O) groups is 2. The molecule has 1 aliphatic rings. The summed E-state index contributed by atoms with van der Waals surface area (Å²) in [5.41, 5.74) is 1.47. The largest absolute Gasteiger partial charge is 0.342 e. The maximum atomic E-state index is 13.0. The maximum absolute atomic E-state index is 13.0. The average Bonchev–Trinajstić information content (AvgIpc) is 2.76. The Bertz CT molecular complexity index is 1120. The number of benzene rings is 2. The van der Waals surface area contributed by atoms with Crippen LogP contribution in [0, 0.1) is 5.92 Å². The second-order valence-corrected chi connectivity index (χ2v) is 10.5. The summed E-state index contributed by atoms with van der Waals surface area (Å²) in [5.74, 6) is -0.560. The van der Waals surface area contributed by atoms with E-state index in [1.54, 1.807) is 18.0 Å². The first-order chi connectivity index (χ1) is 15.1. The van der Waals surface area contributed by atoms with Crippen LogP contribution in [0.5, 0.6) is 0 Å². The lowest BCUT2D eigenvalue weighted by atomic mass is 9.97. The molecule has 172 valence electrons. The fourth-order valence-electron chi connectivity index (χ4n) is 3.55. The molecule has 10 heteroatoms. The van der Waals surface area contributed by atoms with Gasteiger partial charge in [0.15, 0.2) is 0 Å². The van der Waals surface area contributed by atoms with Crippen molar-refractivity contribution in [3.63, 3.8) is 0 Å². The van der Waals surface area contributed by atoms with Crippen molar-refractivity contribution >= 4 is 50.7 Å². The van der Waals surface area contributed by atoms with Gasteiger partial charge in [-0.2, -0.15) is 4.31 Å². The van der Waals surface area contributed by atoms with E-state index < -0.39 is 10.0 Å². The van der Waals surface area contributed by atoms with Gasteiger partial charge in [0.25, 0.3) is 0 Å². The molecule has 3 rings (SSSR count). The van der Waals surface area contributed by atoms with Crippen molar-refractivity contribution < 1.29 is 18.0 Å². The zero-order valence-corrected chi connectivity index (χ0v) is 20.2. The van der Waals surface area contributed by atoms with E-state index in [1.165, 1.54) is 29.4 Å². The summed E-state index contributed by atoms with van der Waals surface area (Å²) >= 11 is 12.0. The van der Waals surface area contributed by atoms with Crippen LogP contribution in [0.25, 0.3) is 0 Å². The van der Waals surface area contributed by atoms with E-state index in [2.05, 4.69) is 5.32 Å². The molecule has 0 radical (unpaired) electrons. The summed E-state index contributed by atoms with van der Waals surface area (Å²) in [4.78, 5) is 26.0. The minimum absolute atomic E-state index is 0.0295. The molecule has 0 saturated carbocycles. The minimum Gasteiger partial charge on any atom is -0.342 e. The van der Waals surface area contributed by atoms with Gasteiger partial charge in [-0.15, -0.1) is 0 Å². The van der Waals surface area contributed by atoms with Crippen molar-refractivity contribution in [2.24, 2.45) is 5.92 Å². The van der Waals surface area contributed by atoms with Crippen molar-refractivity contribution in [1.82, 2.24) is 9.21 Å². The van der Waals surface area contributed by atoms with E-state index in [4.69, 9.17) is 23.2 Å². The quantitative estimate of drug-likeness (QED) is 0.652. The third kappa shape index (κ3) is 5.61. The van der Waals surface area contributed by atoms with Crippen LogP contribution in [0.4, 0.5) is 5.69 Å². The molecule has 7 nitrogen and oxygen atoms in total. The SMILES string of the molecule is CC(=O)N(C)Cc1ccccc1NC(=O)C1CCN(S(=O)(=O)c2cc(Cl)ccc2Cl)CC1. The normalized spacial score (nSPS) is 15.4. The van der Waals surface area contributed by atoms with E-state index in [-0.39, 0.29) is 45.8 Å². The van der Waals surface area contributed by atoms with Gasteiger partial charge in [-0.05, 0) is 42.7 Å². The highest BCUT2D eigenvalue weighted by molar-refractivity contribution is 7.89. The molecule has 0 bridgehead atoms. The molecule has 1 N–H and O–H groups in total. The Hall–Kier alpha value is -2.13. The van der Waals surface area contributed by atoms with Gasteiger partial charge < -0.3 is 10.2 Å². The van der Waals surface area contributed by atoms with Crippen molar-refractivity contribution in [3.8, 4) is 0 Å². The molecule has 0 unspecified atom stereocenters. The number of rotatable bonds is 6. The molecule has 0 atom stereocenters. The van der Waals surface area contributed by atoms with E-state index >= 15 is 0 Å². The number of nitrogens with one attached hydrogen (secondary N) is 1. The number of amides is 2. The van der Waals surface area contributed by atoms with Crippen molar-refractivity contribution in [1.29, 1.82) is 0 Å². The van der Waals surface area contributed by atoms with Gasteiger partial charge in [0.1, 0.15) is 4.90 Å². The summed E-state index contributed by atoms with van der Waals surface area (Å²) in [6.07, 6.45) is 0.775. The van der Waals surface area contributed by atoms with Gasteiger partial charge >= 0.3 is 0 Å². The van der Waals surface area contributed by atoms with Crippen LogP contribution in [0.15, 0.2) is 47.4 Å². The number of para-hydroxylation sites is 1. The summed E-state index contributed by atoms with van der Waals surface area (Å²) < 4.78 is 27.3. The minimum atomic E-state index is -3.80. The first-order valence-corrected chi connectivity index (χ1v) is 12.3. The Balaban J connectivity index is 1.65. The zero-order valence-electron chi connectivity index (χ0n) is 17.8. The first-order valence-electron chi connectivity index (χ1n) is 10.1. The standard InChI is InChI=1S/C22H25Cl2N3O4S/c1-15(28)26(2)14-17-5-3-4-6-20(17)25-22(29)16-9-11-27(12-10-16)32(30,31)21-13-18(23)7-8-19(21)24/h3-8,13,16H,9-12,14H2,1-2H3,(H,25,29). The summed E-state index contributed by atoms with van der Waals surface area (Å²) in [5, 5.41) is 3.34. The Morgan fingerprint density at radius 2 is 1.78 bits per heavy atom. The zero-order chi connectivity index (χ0) is 23.5. The molecule has 1 fully saturated rings. The summed E-state index contributed by atoms with van der Waals surface area (Å²) in [6.45, 7) is 2.28.